The van der Waals surface area contributed by atoms with E-state index in [-0.39, 0.29) is 17.7 Å². The van der Waals surface area contributed by atoms with Crippen molar-refractivity contribution < 1.29 is 14.2 Å². The van der Waals surface area contributed by atoms with Gasteiger partial charge in [0.25, 0.3) is 0 Å². The summed E-state index contributed by atoms with van der Waals surface area (Å²) in [5.41, 5.74) is 0.999. The molecule has 6 heteroatoms. The molecule has 0 amide bonds. The summed E-state index contributed by atoms with van der Waals surface area (Å²) in [7, 11) is 0. The van der Waals surface area contributed by atoms with Gasteiger partial charge < -0.3 is 20.5 Å². The molecule has 0 aliphatic carbocycles. The van der Waals surface area contributed by atoms with Gasteiger partial charge in [0, 0.05) is 12.6 Å². The van der Waals surface area contributed by atoms with Crippen molar-refractivity contribution in [2.24, 2.45) is 4.99 Å². The topological polar surface area (TPSA) is 65.9 Å². The zero-order valence-corrected chi connectivity index (χ0v) is 14.5. The average Bonchev–Trinajstić information content (AvgIpc) is 2.59. The Balaban J connectivity index is 1.87. The number of hydrogen-bond acceptors (Lipinski definition) is 3. The highest BCUT2D eigenvalue weighted by molar-refractivity contribution is 5.79. The summed E-state index contributed by atoms with van der Waals surface area (Å²) in [4.78, 5) is 4.50. The molecule has 0 aliphatic rings. The quantitative estimate of drug-likeness (QED) is 0.533. The Morgan fingerprint density at radius 1 is 1.20 bits per heavy atom. The Bertz CT molecular complexity index is 689. The molecule has 2 aromatic rings. The van der Waals surface area contributed by atoms with Crippen molar-refractivity contribution in [3.63, 3.8) is 0 Å². The van der Waals surface area contributed by atoms with Crippen LogP contribution in [0, 0.1) is 5.82 Å². The molecule has 0 saturated carbocycles. The number of hydrogen-bond donors (Lipinski definition) is 3. The van der Waals surface area contributed by atoms with E-state index in [0.29, 0.717) is 24.8 Å². The first-order valence-corrected chi connectivity index (χ1v) is 8.29. The molecule has 3 N–H and O–H groups in total. The number of phenolic OH excluding ortho intramolecular Hbond substituents is 1. The van der Waals surface area contributed by atoms with Crippen molar-refractivity contribution >= 4 is 5.96 Å². The van der Waals surface area contributed by atoms with Crippen molar-refractivity contribution in [1.82, 2.24) is 10.6 Å². The fourth-order valence-corrected chi connectivity index (χ4v) is 2.17. The van der Waals surface area contributed by atoms with Crippen LogP contribution in [0.1, 0.15) is 19.4 Å². The van der Waals surface area contributed by atoms with Crippen LogP contribution in [0.4, 0.5) is 4.39 Å². The van der Waals surface area contributed by atoms with Gasteiger partial charge in [-0.05, 0) is 43.7 Å². The Morgan fingerprint density at radius 3 is 2.64 bits per heavy atom. The number of halogens is 1. The number of guanidine groups is 1. The smallest absolute Gasteiger partial charge is 0.191 e. The average molecular weight is 345 g/mol. The van der Waals surface area contributed by atoms with E-state index < -0.39 is 0 Å². The summed E-state index contributed by atoms with van der Waals surface area (Å²) in [5.74, 6) is 1.09. The number of ether oxygens (including phenoxy) is 1. The standard InChI is InChI=1S/C19H24FN3O2/c1-3-21-19(23-13-15-7-9-17(24)10-8-15)22-12-14(2)25-18-6-4-5-16(20)11-18/h4-11,14,24H,3,12-13H2,1-2H3,(H2,21,22,23). The fraction of sp³-hybridized carbons (Fsp3) is 0.316. The number of benzene rings is 2. The molecule has 0 aromatic heterocycles. The number of nitrogens with one attached hydrogen (secondary N) is 2. The third-order valence-electron chi connectivity index (χ3n) is 3.39. The number of phenols is 1. The van der Waals surface area contributed by atoms with Crippen LogP contribution in [0.5, 0.6) is 11.5 Å². The third kappa shape index (κ3) is 6.71. The normalized spacial score (nSPS) is 12.5. The molecule has 0 radical (unpaired) electrons. The van der Waals surface area contributed by atoms with Crippen molar-refractivity contribution in [3.8, 4) is 11.5 Å². The molecule has 25 heavy (non-hydrogen) atoms. The van der Waals surface area contributed by atoms with Gasteiger partial charge in [0.1, 0.15) is 23.4 Å². The molecule has 0 spiro atoms. The first kappa shape index (κ1) is 18.6. The number of aromatic hydroxyl groups is 1. The maximum Gasteiger partial charge on any atom is 0.191 e. The van der Waals surface area contributed by atoms with Gasteiger partial charge in [-0.1, -0.05) is 18.2 Å². The zero-order valence-electron chi connectivity index (χ0n) is 14.5. The van der Waals surface area contributed by atoms with E-state index in [4.69, 9.17) is 4.74 Å². The van der Waals surface area contributed by atoms with E-state index in [1.807, 2.05) is 26.0 Å². The largest absolute Gasteiger partial charge is 0.508 e. The van der Waals surface area contributed by atoms with Gasteiger partial charge in [-0.3, -0.25) is 0 Å². The fourth-order valence-electron chi connectivity index (χ4n) is 2.17. The molecule has 1 unspecified atom stereocenters. The summed E-state index contributed by atoms with van der Waals surface area (Å²) in [6, 6.07) is 13.0. The molecule has 2 rings (SSSR count). The van der Waals surface area contributed by atoms with E-state index in [9.17, 15) is 9.50 Å². The molecule has 134 valence electrons. The first-order chi connectivity index (χ1) is 12.1. The van der Waals surface area contributed by atoms with Gasteiger partial charge in [0.05, 0.1) is 13.1 Å². The van der Waals surface area contributed by atoms with Crippen LogP contribution < -0.4 is 15.4 Å². The van der Waals surface area contributed by atoms with Gasteiger partial charge in [-0.15, -0.1) is 0 Å². The lowest BCUT2D eigenvalue weighted by Crippen LogP contribution is -2.41. The van der Waals surface area contributed by atoms with Crippen molar-refractivity contribution in [2.45, 2.75) is 26.5 Å². The highest BCUT2D eigenvalue weighted by Gasteiger charge is 2.06. The van der Waals surface area contributed by atoms with E-state index in [0.717, 1.165) is 12.1 Å². The number of nitrogens with zero attached hydrogens (tertiary/aromatic N) is 1. The minimum Gasteiger partial charge on any atom is -0.508 e. The molecule has 0 aliphatic heterocycles. The maximum atomic E-state index is 13.2. The van der Waals surface area contributed by atoms with Crippen LogP contribution in [0.25, 0.3) is 0 Å². The molecule has 0 saturated heterocycles. The van der Waals surface area contributed by atoms with Gasteiger partial charge in [-0.25, -0.2) is 9.38 Å². The lowest BCUT2D eigenvalue weighted by Gasteiger charge is -2.17. The van der Waals surface area contributed by atoms with Gasteiger partial charge in [-0.2, -0.15) is 0 Å². The Morgan fingerprint density at radius 2 is 1.96 bits per heavy atom. The van der Waals surface area contributed by atoms with Crippen LogP contribution in [0.3, 0.4) is 0 Å². The summed E-state index contributed by atoms with van der Waals surface area (Å²) >= 11 is 0. The summed E-state index contributed by atoms with van der Waals surface area (Å²) < 4.78 is 18.9. The first-order valence-electron chi connectivity index (χ1n) is 8.29. The van der Waals surface area contributed by atoms with Crippen LogP contribution >= 0.6 is 0 Å². The van der Waals surface area contributed by atoms with Gasteiger partial charge in [0.2, 0.25) is 0 Å². The number of aliphatic imine (C=N–C) groups is 1. The molecular weight excluding hydrogens is 321 g/mol. The second kappa shape index (κ2) is 9.52. The molecule has 5 nitrogen and oxygen atoms in total. The predicted octanol–water partition coefficient (Wildman–Crippen LogP) is 3.05. The van der Waals surface area contributed by atoms with Crippen molar-refractivity contribution in [2.75, 3.05) is 13.1 Å². The molecular formula is C19H24FN3O2. The maximum absolute atomic E-state index is 13.2. The minimum absolute atomic E-state index is 0.153. The van der Waals surface area contributed by atoms with E-state index in [2.05, 4.69) is 15.6 Å². The van der Waals surface area contributed by atoms with Crippen LogP contribution in [0.2, 0.25) is 0 Å². The summed E-state index contributed by atoms with van der Waals surface area (Å²) in [5, 5.41) is 15.7. The Labute approximate surface area is 147 Å². The highest BCUT2D eigenvalue weighted by atomic mass is 19.1. The molecule has 2 aromatic carbocycles. The molecule has 0 bridgehead atoms. The molecule has 0 fully saturated rings. The van der Waals surface area contributed by atoms with Gasteiger partial charge >= 0.3 is 0 Å². The predicted molar refractivity (Wildman–Crippen MR) is 97.4 cm³/mol. The highest BCUT2D eigenvalue weighted by Crippen LogP contribution is 2.13. The minimum atomic E-state index is -0.318. The Hall–Kier alpha value is -2.76. The van der Waals surface area contributed by atoms with E-state index in [1.165, 1.54) is 12.1 Å². The summed E-state index contributed by atoms with van der Waals surface area (Å²) in [6.45, 7) is 5.65. The monoisotopic (exact) mass is 345 g/mol. The van der Waals surface area contributed by atoms with Crippen molar-refractivity contribution in [1.29, 1.82) is 0 Å². The zero-order chi connectivity index (χ0) is 18.1. The molecule has 1 atom stereocenters. The summed E-state index contributed by atoms with van der Waals surface area (Å²) in [6.07, 6.45) is -0.153. The molecule has 0 heterocycles. The van der Waals surface area contributed by atoms with E-state index >= 15 is 0 Å². The van der Waals surface area contributed by atoms with Gasteiger partial charge in [0.15, 0.2) is 5.96 Å². The SMILES string of the molecule is CCNC(=NCc1ccc(O)cc1)NCC(C)Oc1cccc(F)c1. The van der Waals surface area contributed by atoms with Crippen LogP contribution in [-0.4, -0.2) is 30.3 Å². The third-order valence-corrected chi connectivity index (χ3v) is 3.39. The second-order valence-corrected chi connectivity index (χ2v) is 5.63. The van der Waals surface area contributed by atoms with Crippen LogP contribution in [0.15, 0.2) is 53.5 Å². The van der Waals surface area contributed by atoms with Crippen LogP contribution in [-0.2, 0) is 6.54 Å². The lowest BCUT2D eigenvalue weighted by molar-refractivity contribution is 0.223. The van der Waals surface area contributed by atoms with Crippen molar-refractivity contribution in [3.05, 3.63) is 59.9 Å². The Kier molecular flexibility index (Phi) is 7.07. The number of rotatable bonds is 7. The van der Waals surface area contributed by atoms with E-state index in [1.54, 1.807) is 24.3 Å². The second-order valence-electron chi connectivity index (χ2n) is 5.63. The lowest BCUT2D eigenvalue weighted by atomic mass is 10.2.